The van der Waals surface area contributed by atoms with E-state index in [0.717, 1.165) is 5.38 Å². The number of alkyl halides is 3. The number of fused-ring (bicyclic) bond motifs is 1. The topological polar surface area (TPSA) is 125 Å². The van der Waals surface area contributed by atoms with Crippen molar-refractivity contribution in [2.75, 3.05) is 5.32 Å². The number of para-hydroxylation sites is 2. The lowest BCUT2D eigenvalue weighted by molar-refractivity contribution is -0.0501. The van der Waals surface area contributed by atoms with Crippen molar-refractivity contribution in [3.8, 4) is 5.75 Å². The van der Waals surface area contributed by atoms with Gasteiger partial charge >= 0.3 is 27.5 Å². The zero-order valence-corrected chi connectivity index (χ0v) is 18.3. The number of rotatable bonds is 5. The van der Waals surface area contributed by atoms with Gasteiger partial charge in [-0.2, -0.15) is 21.6 Å². The Hall–Kier alpha value is -3.13. The fourth-order valence-corrected chi connectivity index (χ4v) is 3.68. The van der Waals surface area contributed by atoms with Crippen molar-refractivity contribution in [3.05, 3.63) is 41.1 Å². The summed E-state index contributed by atoms with van der Waals surface area (Å²) in [7, 11) is -6.08. The van der Waals surface area contributed by atoms with E-state index in [1.165, 1.54) is 20.8 Å². The molecule has 3 rings (SSSR count). The molecule has 1 amide bonds. The fourth-order valence-electron chi connectivity index (χ4n) is 2.31. The highest BCUT2D eigenvalue weighted by Gasteiger charge is 2.49. The molecule has 0 unspecified atom stereocenters. The number of oxazole rings is 1. The van der Waals surface area contributed by atoms with Crippen molar-refractivity contribution < 1.29 is 44.5 Å². The summed E-state index contributed by atoms with van der Waals surface area (Å²) in [6, 6.07) is 6.46. The Balaban J connectivity index is 1.98. The predicted octanol–water partition coefficient (Wildman–Crippen LogP) is 4.33. The molecule has 0 saturated heterocycles. The first-order valence-electron chi connectivity index (χ1n) is 8.70. The van der Waals surface area contributed by atoms with E-state index in [9.17, 15) is 31.2 Å². The van der Waals surface area contributed by atoms with E-state index >= 15 is 0 Å². The fraction of sp³-hybridized carbons (Fsp3) is 0.278. The number of benzene rings is 1. The van der Waals surface area contributed by atoms with Crippen LogP contribution in [0.3, 0.4) is 0 Å². The van der Waals surface area contributed by atoms with Crippen molar-refractivity contribution in [2.24, 2.45) is 0 Å². The number of nitrogens with zero attached hydrogens (tertiary/aromatic N) is 1. The SMILES string of the molecule is CC(C)(C)OC(=O)c1c(OS(=O)(=O)C(F)(F)F)csc1NC(=O)c1nc2ccccc2o1. The second kappa shape index (κ2) is 8.09. The number of anilines is 1. The number of ether oxygens (including phenoxy) is 1. The van der Waals surface area contributed by atoms with Crippen LogP contribution in [-0.2, 0) is 14.9 Å². The number of amides is 1. The first-order valence-corrected chi connectivity index (χ1v) is 11.0. The molecule has 0 aliphatic heterocycles. The first-order chi connectivity index (χ1) is 14.7. The minimum atomic E-state index is -6.08. The van der Waals surface area contributed by atoms with Gasteiger partial charge in [-0.15, -0.1) is 11.3 Å². The standard InChI is InChI=1S/C18H15F3N2O7S2/c1-17(2,3)29-16(25)12-11(30-32(26,27)18(19,20)21)8-31-15(12)23-13(24)14-22-9-6-4-5-7-10(9)28-14/h4-8H,1-3H3,(H,23,24). The molecule has 0 aliphatic carbocycles. The van der Waals surface area contributed by atoms with Gasteiger partial charge < -0.3 is 18.7 Å². The third kappa shape index (κ3) is 5.02. The molecule has 0 spiro atoms. The van der Waals surface area contributed by atoms with Gasteiger partial charge in [0.05, 0.1) is 0 Å². The Morgan fingerprint density at radius 1 is 1.16 bits per heavy atom. The first kappa shape index (κ1) is 23.5. The van der Waals surface area contributed by atoms with Crippen LogP contribution in [-0.4, -0.2) is 36.4 Å². The van der Waals surface area contributed by atoms with Crippen molar-refractivity contribution in [1.82, 2.24) is 4.98 Å². The highest BCUT2D eigenvalue weighted by Crippen LogP contribution is 2.38. The Morgan fingerprint density at radius 3 is 2.41 bits per heavy atom. The molecule has 0 bridgehead atoms. The van der Waals surface area contributed by atoms with Crippen LogP contribution in [0.2, 0.25) is 0 Å². The summed E-state index contributed by atoms with van der Waals surface area (Å²) >= 11 is 0.553. The van der Waals surface area contributed by atoms with Gasteiger partial charge in [-0.05, 0) is 32.9 Å². The van der Waals surface area contributed by atoms with Crippen molar-refractivity contribution in [1.29, 1.82) is 0 Å². The number of halogens is 3. The molecule has 1 N–H and O–H groups in total. The number of hydrogen-bond donors (Lipinski definition) is 1. The largest absolute Gasteiger partial charge is 0.534 e. The molecular weight excluding hydrogens is 477 g/mol. The lowest BCUT2D eigenvalue weighted by Crippen LogP contribution is -2.29. The molecule has 14 heteroatoms. The predicted molar refractivity (Wildman–Crippen MR) is 107 cm³/mol. The van der Waals surface area contributed by atoms with E-state index in [2.05, 4.69) is 14.5 Å². The number of hydrogen-bond acceptors (Lipinski definition) is 9. The maximum atomic E-state index is 12.7. The highest BCUT2D eigenvalue weighted by atomic mass is 32.2. The van der Waals surface area contributed by atoms with Crippen molar-refractivity contribution in [3.63, 3.8) is 0 Å². The maximum Gasteiger partial charge on any atom is 0.534 e. The van der Waals surface area contributed by atoms with Gasteiger partial charge in [0.25, 0.3) is 5.89 Å². The van der Waals surface area contributed by atoms with Crippen LogP contribution in [0.1, 0.15) is 41.8 Å². The molecule has 172 valence electrons. The molecule has 2 aromatic heterocycles. The quantitative estimate of drug-likeness (QED) is 0.317. The molecule has 1 aromatic carbocycles. The third-order valence-corrected chi connectivity index (χ3v) is 5.40. The summed E-state index contributed by atoms with van der Waals surface area (Å²) < 4.78 is 75.6. The molecule has 2 heterocycles. The second-order valence-corrected chi connectivity index (χ2v) is 9.65. The number of carbonyl (C=O) groups excluding carboxylic acids is 2. The van der Waals surface area contributed by atoms with Crippen LogP contribution in [0.4, 0.5) is 18.2 Å². The summed E-state index contributed by atoms with van der Waals surface area (Å²) in [5.74, 6) is -3.48. The van der Waals surface area contributed by atoms with Gasteiger partial charge in [-0.1, -0.05) is 12.1 Å². The van der Waals surface area contributed by atoms with Gasteiger partial charge in [0.2, 0.25) is 0 Å². The van der Waals surface area contributed by atoms with Crippen LogP contribution in [0.25, 0.3) is 11.1 Å². The van der Waals surface area contributed by atoms with E-state index in [1.807, 2.05) is 0 Å². The van der Waals surface area contributed by atoms with Gasteiger partial charge in [0.1, 0.15) is 21.7 Å². The summed E-state index contributed by atoms with van der Waals surface area (Å²) in [6.07, 6.45) is 0. The molecule has 0 atom stereocenters. The molecule has 9 nitrogen and oxygen atoms in total. The van der Waals surface area contributed by atoms with E-state index in [0.29, 0.717) is 22.4 Å². The van der Waals surface area contributed by atoms with Crippen LogP contribution in [0, 0.1) is 0 Å². The molecule has 0 saturated carbocycles. The number of thiophene rings is 1. The van der Waals surface area contributed by atoms with Crippen LogP contribution in [0.5, 0.6) is 5.75 Å². The Bertz CT molecular complexity index is 1250. The summed E-state index contributed by atoms with van der Waals surface area (Å²) in [5.41, 5.74) is -6.85. The number of esters is 1. The normalized spacial score (nSPS) is 12.6. The number of nitrogens with one attached hydrogen (secondary N) is 1. The molecule has 32 heavy (non-hydrogen) atoms. The van der Waals surface area contributed by atoms with Crippen LogP contribution in [0.15, 0.2) is 34.1 Å². The van der Waals surface area contributed by atoms with Gasteiger partial charge in [-0.3, -0.25) is 4.79 Å². The van der Waals surface area contributed by atoms with E-state index in [-0.39, 0.29) is 10.9 Å². The Kier molecular flexibility index (Phi) is 5.95. The Labute approximate surface area is 183 Å². The third-order valence-electron chi connectivity index (χ3n) is 3.56. The van der Waals surface area contributed by atoms with Crippen LogP contribution >= 0.6 is 11.3 Å². The second-order valence-electron chi connectivity index (χ2n) is 7.23. The number of aromatic nitrogens is 1. The summed E-state index contributed by atoms with van der Waals surface area (Å²) in [4.78, 5) is 29.1. The van der Waals surface area contributed by atoms with Gasteiger partial charge in [0, 0.05) is 5.38 Å². The van der Waals surface area contributed by atoms with E-state index < -0.39 is 44.4 Å². The average molecular weight is 492 g/mol. The monoisotopic (exact) mass is 492 g/mol. The van der Waals surface area contributed by atoms with Crippen molar-refractivity contribution in [2.45, 2.75) is 31.9 Å². The highest BCUT2D eigenvalue weighted by molar-refractivity contribution is 7.88. The average Bonchev–Trinajstić information content (AvgIpc) is 3.23. The zero-order valence-electron chi connectivity index (χ0n) is 16.6. The van der Waals surface area contributed by atoms with E-state index in [1.54, 1.807) is 24.3 Å². The minimum absolute atomic E-state index is 0.302. The lowest BCUT2D eigenvalue weighted by Gasteiger charge is -2.20. The zero-order chi connectivity index (χ0) is 23.9. The number of carbonyl (C=O) groups is 2. The molecule has 3 aromatic rings. The minimum Gasteiger partial charge on any atom is -0.456 e. The molecule has 0 fully saturated rings. The molecular formula is C18H15F3N2O7S2. The van der Waals surface area contributed by atoms with Crippen molar-refractivity contribution >= 4 is 49.4 Å². The van der Waals surface area contributed by atoms with E-state index in [4.69, 9.17) is 9.15 Å². The molecule has 0 radical (unpaired) electrons. The summed E-state index contributed by atoms with van der Waals surface area (Å²) in [6.45, 7) is 4.46. The lowest BCUT2D eigenvalue weighted by atomic mass is 10.2. The molecule has 0 aliphatic rings. The smallest absolute Gasteiger partial charge is 0.456 e. The van der Waals surface area contributed by atoms with Crippen LogP contribution < -0.4 is 9.50 Å². The van der Waals surface area contributed by atoms with Gasteiger partial charge in [0.15, 0.2) is 11.3 Å². The maximum absolute atomic E-state index is 12.7. The summed E-state index contributed by atoms with van der Waals surface area (Å²) in [5, 5.41) is 2.77. The van der Waals surface area contributed by atoms with Gasteiger partial charge in [-0.25, -0.2) is 9.78 Å². The Morgan fingerprint density at radius 2 is 1.81 bits per heavy atom.